The number of hydrogen-bond acceptors (Lipinski definition) is 3. The smallest absolute Gasteiger partial charge is 0.191 e. The molecule has 0 atom stereocenters. The highest BCUT2D eigenvalue weighted by Crippen LogP contribution is 2.20. The maximum absolute atomic E-state index is 5.45. The van der Waals surface area contributed by atoms with Crippen LogP contribution < -0.4 is 15.4 Å². The second-order valence-electron chi connectivity index (χ2n) is 5.82. The molecule has 0 saturated carbocycles. The van der Waals surface area contributed by atoms with Crippen molar-refractivity contribution in [3.8, 4) is 5.75 Å². The van der Waals surface area contributed by atoms with Crippen LogP contribution in [0.4, 0.5) is 0 Å². The number of nitrogens with zero attached hydrogens (tertiary/aromatic N) is 2. The summed E-state index contributed by atoms with van der Waals surface area (Å²) in [7, 11) is 1.71. The molecule has 144 valence electrons. The second kappa shape index (κ2) is 14.2. The number of guanidine groups is 1. The summed E-state index contributed by atoms with van der Waals surface area (Å²) in [5.74, 6) is 1.76. The first kappa shape index (κ1) is 24.0. The van der Waals surface area contributed by atoms with Gasteiger partial charge in [0.2, 0.25) is 0 Å². The molecule has 0 aromatic heterocycles. The van der Waals surface area contributed by atoms with Crippen molar-refractivity contribution < 1.29 is 4.74 Å². The fraction of sp³-hybridized carbons (Fsp3) is 0.632. The second-order valence-corrected chi connectivity index (χ2v) is 5.82. The highest BCUT2D eigenvalue weighted by atomic mass is 127. The van der Waals surface area contributed by atoms with Crippen molar-refractivity contribution in [1.82, 2.24) is 15.5 Å². The number of aryl methyl sites for hydroxylation is 1. The van der Waals surface area contributed by atoms with Crippen molar-refractivity contribution in [2.75, 3.05) is 39.8 Å². The monoisotopic (exact) mass is 462 g/mol. The average molecular weight is 462 g/mol. The lowest BCUT2D eigenvalue weighted by Gasteiger charge is -2.18. The lowest BCUT2D eigenvalue weighted by molar-refractivity contribution is 0.300. The van der Waals surface area contributed by atoms with Crippen LogP contribution in [0, 0.1) is 6.92 Å². The summed E-state index contributed by atoms with van der Waals surface area (Å²) in [5.41, 5.74) is 2.30. The predicted molar refractivity (Wildman–Crippen MR) is 118 cm³/mol. The molecule has 0 aliphatic carbocycles. The van der Waals surface area contributed by atoms with Gasteiger partial charge >= 0.3 is 0 Å². The summed E-state index contributed by atoms with van der Waals surface area (Å²) >= 11 is 0. The zero-order chi connectivity index (χ0) is 17.8. The average Bonchev–Trinajstić information content (AvgIpc) is 2.60. The van der Waals surface area contributed by atoms with E-state index in [0.717, 1.165) is 56.4 Å². The third kappa shape index (κ3) is 9.30. The minimum atomic E-state index is 0. The first-order valence-electron chi connectivity index (χ1n) is 9.02. The summed E-state index contributed by atoms with van der Waals surface area (Å²) in [4.78, 5) is 7.11. The van der Waals surface area contributed by atoms with Gasteiger partial charge in [0.1, 0.15) is 5.75 Å². The SMILES string of the molecule is CCNC(=NCc1ccc(C)cc1OC)NCCCN(CC)CC.I. The normalized spacial score (nSPS) is 11.2. The molecule has 1 aromatic rings. The van der Waals surface area contributed by atoms with Gasteiger partial charge in [0.05, 0.1) is 13.7 Å². The molecule has 0 spiro atoms. The highest BCUT2D eigenvalue weighted by Gasteiger charge is 2.04. The molecule has 0 fully saturated rings. The summed E-state index contributed by atoms with van der Waals surface area (Å²) in [6.07, 6.45) is 1.11. The molecule has 1 rings (SSSR count). The fourth-order valence-electron chi connectivity index (χ4n) is 2.54. The van der Waals surface area contributed by atoms with E-state index in [1.54, 1.807) is 7.11 Å². The molecule has 2 N–H and O–H groups in total. The molecule has 0 bridgehead atoms. The molecule has 0 heterocycles. The van der Waals surface area contributed by atoms with Gasteiger partial charge in [-0.1, -0.05) is 26.0 Å². The molecule has 0 aliphatic rings. The van der Waals surface area contributed by atoms with Crippen LogP contribution in [0.2, 0.25) is 0 Å². The first-order chi connectivity index (χ1) is 11.6. The van der Waals surface area contributed by atoms with Gasteiger partial charge in [-0.3, -0.25) is 0 Å². The number of methoxy groups -OCH3 is 1. The van der Waals surface area contributed by atoms with Gasteiger partial charge in [0, 0.05) is 18.7 Å². The largest absolute Gasteiger partial charge is 0.496 e. The Morgan fingerprint density at radius 2 is 1.88 bits per heavy atom. The molecular weight excluding hydrogens is 427 g/mol. The third-order valence-corrected chi connectivity index (χ3v) is 4.03. The van der Waals surface area contributed by atoms with E-state index >= 15 is 0 Å². The van der Waals surface area contributed by atoms with Crippen molar-refractivity contribution in [3.05, 3.63) is 29.3 Å². The molecule has 1 aromatic carbocycles. The Bertz CT molecular complexity index is 504. The lowest BCUT2D eigenvalue weighted by atomic mass is 10.1. The van der Waals surface area contributed by atoms with Gasteiger partial charge in [0.25, 0.3) is 0 Å². The standard InChI is InChI=1S/C19H34N4O.HI/c1-6-20-19(21-12-9-13-23(7-2)8-3)22-15-17-11-10-16(4)14-18(17)24-5;/h10-11,14H,6-9,12-13,15H2,1-5H3,(H2,20,21,22);1H. The van der Waals surface area contributed by atoms with Gasteiger partial charge in [-0.05, 0) is 51.5 Å². The van der Waals surface area contributed by atoms with Crippen LogP contribution in [0.5, 0.6) is 5.75 Å². The molecule has 0 unspecified atom stereocenters. The van der Waals surface area contributed by atoms with E-state index in [2.05, 4.69) is 66.4 Å². The molecular formula is C19H35IN4O. The minimum absolute atomic E-state index is 0. The quantitative estimate of drug-likeness (QED) is 0.242. The summed E-state index contributed by atoms with van der Waals surface area (Å²) < 4.78 is 5.45. The summed E-state index contributed by atoms with van der Waals surface area (Å²) in [6.45, 7) is 14.3. The fourth-order valence-corrected chi connectivity index (χ4v) is 2.54. The van der Waals surface area contributed by atoms with Gasteiger partial charge in [-0.2, -0.15) is 0 Å². The van der Waals surface area contributed by atoms with E-state index in [9.17, 15) is 0 Å². The van der Waals surface area contributed by atoms with E-state index < -0.39 is 0 Å². The van der Waals surface area contributed by atoms with E-state index in [1.807, 2.05) is 0 Å². The Kier molecular flexibility index (Phi) is 13.6. The number of halogens is 1. The maximum atomic E-state index is 5.45. The Labute approximate surface area is 170 Å². The molecule has 25 heavy (non-hydrogen) atoms. The lowest BCUT2D eigenvalue weighted by Crippen LogP contribution is -2.38. The molecule has 0 saturated heterocycles. The Hall–Kier alpha value is -1.02. The molecule has 0 amide bonds. The number of nitrogens with one attached hydrogen (secondary N) is 2. The van der Waals surface area contributed by atoms with Crippen molar-refractivity contribution >= 4 is 29.9 Å². The van der Waals surface area contributed by atoms with Crippen LogP contribution in [0.3, 0.4) is 0 Å². The van der Waals surface area contributed by atoms with Crippen LogP contribution in [-0.2, 0) is 6.54 Å². The number of aliphatic imine (C=N–C) groups is 1. The maximum Gasteiger partial charge on any atom is 0.191 e. The van der Waals surface area contributed by atoms with E-state index in [0.29, 0.717) is 6.54 Å². The van der Waals surface area contributed by atoms with Gasteiger partial charge in [-0.25, -0.2) is 4.99 Å². The van der Waals surface area contributed by atoms with Crippen LogP contribution in [0.25, 0.3) is 0 Å². The zero-order valence-electron chi connectivity index (χ0n) is 16.4. The van der Waals surface area contributed by atoms with E-state index in [1.165, 1.54) is 5.56 Å². The Morgan fingerprint density at radius 1 is 1.16 bits per heavy atom. The topological polar surface area (TPSA) is 48.9 Å². The zero-order valence-corrected chi connectivity index (χ0v) is 18.7. The van der Waals surface area contributed by atoms with Crippen LogP contribution in [0.15, 0.2) is 23.2 Å². The van der Waals surface area contributed by atoms with E-state index in [-0.39, 0.29) is 24.0 Å². The van der Waals surface area contributed by atoms with Crippen molar-refractivity contribution in [2.24, 2.45) is 4.99 Å². The highest BCUT2D eigenvalue weighted by molar-refractivity contribution is 14.0. The summed E-state index contributed by atoms with van der Waals surface area (Å²) in [5, 5.41) is 6.72. The molecule has 0 radical (unpaired) electrons. The predicted octanol–water partition coefficient (Wildman–Crippen LogP) is 3.41. The first-order valence-corrected chi connectivity index (χ1v) is 9.02. The molecule has 0 aliphatic heterocycles. The molecule has 5 nitrogen and oxygen atoms in total. The Morgan fingerprint density at radius 3 is 2.48 bits per heavy atom. The minimum Gasteiger partial charge on any atom is -0.496 e. The third-order valence-electron chi connectivity index (χ3n) is 4.03. The number of hydrogen-bond donors (Lipinski definition) is 2. The van der Waals surface area contributed by atoms with Gasteiger partial charge in [0.15, 0.2) is 5.96 Å². The van der Waals surface area contributed by atoms with Crippen molar-refractivity contribution in [2.45, 2.75) is 40.7 Å². The van der Waals surface area contributed by atoms with Crippen molar-refractivity contribution in [1.29, 1.82) is 0 Å². The Balaban J connectivity index is 0.00000576. The van der Waals surface area contributed by atoms with Gasteiger partial charge < -0.3 is 20.3 Å². The van der Waals surface area contributed by atoms with Crippen LogP contribution >= 0.6 is 24.0 Å². The van der Waals surface area contributed by atoms with Crippen LogP contribution in [-0.4, -0.2) is 50.7 Å². The molecule has 6 heteroatoms. The summed E-state index contributed by atoms with van der Waals surface area (Å²) in [6, 6.07) is 6.23. The van der Waals surface area contributed by atoms with E-state index in [4.69, 9.17) is 4.74 Å². The van der Waals surface area contributed by atoms with Crippen molar-refractivity contribution in [3.63, 3.8) is 0 Å². The number of rotatable bonds is 10. The van der Waals surface area contributed by atoms with Gasteiger partial charge in [-0.15, -0.1) is 24.0 Å². The number of benzene rings is 1. The number of ether oxygens (including phenoxy) is 1. The van der Waals surface area contributed by atoms with Crippen LogP contribution in [0.1, 0.15) is 38.3 Å².